The molecule has 0 radical (unpaired) electrons. The van der Waals surface area contributed by atoms with Gasteiger partial charge in [-0.1, -0.05) is 29.8 Å². The molecular weight excluding hydrogens is 427 g/mol. The van der Waals surface area contributed by atoms with Crippen LogP contribution in [0.2, 0.25) is 5.02 Å². The van der Waals surface area contributed by atoms with Crippen LogP contribution in [0.1, 0.15) is 21.5 Å². The van der Waals surface area contributed by atoms with Gasteiger partial charge in [0.1, 0.15) is 5.82 Å². The van der Waals surface area contributed by atoms with Gasteiger partial charge < -0.3 is 5.32 Å². The second-order valence-corrected chi connectivity index (χ2v) is 9.15. The van der Waals surface area contributed by atoms with E-state index in [9.17, 15) is 17.6 Å². The molecule has 0 atom stereocenters. The minimum Gasteiger partial charge on any atom is -0.348 e. The minimum atomic E-state index is -3.83. The summed E-state index contributed by atoms with van der Waals surface area (Å²) in [4.78, 5) is 12.7. The van der Waals surface area contributed by atoms with E-state index < -0.39 is 15.9 Å². The first-order valence-corrected chi connectivity index (χ1v) is 10.9. The van der Waals surface area contributed by atoms with Crippen LogP contribution in [-0.2, 0) is 16.6 Å². The SMILES string of the molecule is Cc1ccc(C(=O)NCc2cccc(F)c2)cc1N(C)S(=O)(=O)c1ccc(Cl)cc1. The van der Waals surface area contributed by atoms with E-state index in [4.69, 9.17) is 11.6 Å². The standard InChI is InChI=1S/C22H20ClFN2O3S/c1-15-6-7-17(22(27)25-14-16-4-3-5-19(24)12-16)13-21(15)26(2)30(28,29)20-10-8-18(23)9-11-20/h3-13H,14H2,1-2H3,(H,25,27). The van der Waals surface area contributed by atoms with Crippen LogP contribution in [0.3, 0.4) is 0 Å². The molecule has 0 bridgehead atoms. The molecule has 0 aromatic heterocycles. The molecule has 3 aromatic carbocycles. The number of carbonyl (C=O) groups excluding carboxylic acids is 1. The van der Waals surface area contributed by atoms with Crippen LogP contribution in [-0.4, -0.2) is 21.4 Å². The zero-order valence-corrected chi connectivity index (χ0v) is 18.0. The molecule has 0 fully saturated rings. The third-order valence-electron chi connectivity index (χ3n) is 4.62. The van der Waals surface area contributed by atoms with Crippen molar-refractivity contribution < 1.29 is 17.6 Å². The van der Waals surface area contributed by atoms with Crippen LogP contribution in [0, 0.1) is 12.7 Å². The highest BCUT2D eigenvalue weighted by Crippen LogP contribution is 2.27. The summed E-state index contributed by atoms with van der Waals surface area (Å²) in [5.41, 5.74) is 1.99. The molecule has 0 aliphatic carbocycles. The van der Waals surface area contributed by atoms with Crippen molar-refractivity contribution in [3.8, 4) is 0 Å². The van der Waals surface area contributed by atoms with Crippen molar-refractivity contribution in [2.75, 3.05) is 11.4 Å². The summed E-state index contributed by atoms with van der Waals surface area (Å²) in [7, 11) is -2.40. The van der Waals surface area contributed by atoms with Crippen molar-refractivity contribution in [1.29, 1.82) is 0 Å². The predicted octanol–water partition coefficient (Wildman–Crippen LogP) is 4.54. The van der Waals surface area contributed by atoms with Gasteiger partial charge in [-0.3, -0.25) is 9.10 Å². The fourth-order valence-electron chi connectivity index (χ4n) is 2.92. The summed E-state index contributed by atoms with van der Waals surface area (Å²) in [5.74, 6) is -0.772. The number of hydrogen-bond acceptors (Lipinski definition) is 3. The zero-order chi connectivity index (χ0) is 21.9. The lowest BCUT2D eigenvalue weighted by atomic mass is 10.1. The van der Waals surface area contributed by atoms with Crippen molar-refractivity contribution in [2.45, 2.75) is 18.4 Å². The summed E-state index contributed by atoms with van der Waals surface area (Å²) in [6, 6.07) is 16.6. The number of rotatable bonds is 6. The number of amides is 1. The van der Waals surface area contributed by atoms with Crippen molar-refractivity contribution >= 4 is 33.2 Å². The van der Waals surface area contributed by atoms with Gasteiger partial charge in [-0.2, -0.15) is 0 Å². The third kappa shape index (κ3) is 4.80. The van der Waals surface area contributed by atoms with Crippen LogP contribution < -0.4 is 9.62 Å². The molecule has 156 valence electrons. The highest BCUT2D eigenvalue weighted by Gasteiger charge is 2.23. The molecule has 1 amide bonds. The quantitative estimate of drug-likeness (QED) is 0.604. The molecule has 0 aliphatic heterocycles. The molecule has 3 aromatic rings. The van der Waals surface area contributed by atoms with E-state index in [0.717, 1.165) is 4.31 Å². The van der Waals surface area contributed by atoms with Gasteiger partial charge in [0.05, 0.1) is 10.6 Å². The number of aryl methyl sites for hydroxylation is 1. The highest BCUT2D eigenvalue weighted by molar-refractivity contribution is 7.92. The number of benzene rings is 3. The molecule has 8 heteroatoms. The van der Waals surface area contributed by atoms with Crippen LogP contribution >= 0.6 is 11.6 Å². The Bertz CT molecular complexity index is 1180. The molecule has 0 spiro atoms. The Morgan fingerprint density at radius 3 is 2.43 bits per heavy atom. The third-order valence-corrected chi connectivity index (χ3v) is 6.66. The normalized spacial score (nSPS) is 11.2. The van der Waals surface area contributed by atoms with Gasteiger partial charge >= 0.3 is 0 Å². The molecule has 0 saturated heterocycles. The lowest BCUT2D eigenvalue weighted by Crippen LogP contribution is -2.28. The van der Waals surface area contributed by atoms with Gasteiger partial charge in [0, 0.05) is 24.2 Å². The Labute approximate surface area is 180 Å². The number of halogens is 2. The number of hydrogen-bond donors (Lipinski definition) is 1. The van der Waals surface area contributed by atoms with Crippen LogP contribution in [0.4, 0.5) is 10.1 Å². The average Bonchev–Trinajstić information content (AvgIpc) is 2.72. The summed E-state index contributed by atoms with van der Waals surface area (Å²) in [6.45, 7) is 1.91. The van der Waals surface area contributed by atoms with E-state index >= 15 is 0 Å². The number of nitrogens with one attached hydrogen (secondary N) is 1. The van der Waals surface area contributed by atoms with E-state index in [-0.39, 0.29) is 17.3 Å². The maximum atomic E-state index is 13.3. The molecule has 0 heterocycles. The Kier molecular flexibility index (Phi) is 6.43. The number of carbonyl (C=O) groups is 1. The van der Waals surface area contributed by atoms with E-state index in [0.29, 0.717) is 27.4 Å². The minimum absolute atomic E-state index is 0.0924. The Morgan fingerprint density at radius 2 is 1.77 bits per heavy atom. The fraction of sp³-hybridized carbons (Fsp3) is 0.136. The van der Waals surface area contributed by atoms with E-state index in [1.165, 1.54) is 49.5 Å². The van der Waals surface area contributed by atoms with Crippen LogP contribution in [0.5, 0.6) is 0 Å². The smallest absolute Gasteiger partial charge is 0.264 e. The zero-order valence-electron chi connectivity index (χ0n) is 16.4. The van der Waals surface area contributed by atoms with Crippen molar-refractivity contribution in [1.82, 2.24) is 5.32 Å². The number of nitrogens with zero attached hydrogens (tertiary/aromatic N) is 1. The molecule has 0 saturated carbocycles. The summed E-state index contributed by atoms with van der Waals surface area (Å²) in [6.07, 6.45) is 0. The first kappa shape index (κ1) is 21.8. The fourth-order valence-corrected chi connectivity index (χ4v) is 4.29. The van der Waals surface area contributed by atoms with Crippen molar-refractivity contribution in [2.24, 2.45) is 0 Å². The molecular formula is C22H20ClFN2O3S. The summed E-state index contributed by atoms with van der Waals surface area (Å²) >= 11 is 5.85. The lowest BCUT2D eigenvalue weighted by molar-refractivity contribution is 0.0951. The second-order valence-electron chi connectivity index (χ2n) is 6.74. The van der Waals surface area contributed by atoms with Crippen molar-refractivity contribution in [3.63, 3.8) is 0 Å². The molecule has 30 heavy (non-hydrogen) atoms. The second kappa shape index (κ2) is 8.85. The Balaban J connectivity index is 1.83. The van der Waals surface area contributed by atoms with Gasteiger partial charge in [0.2, 0.25) is 0 Å². The largest absolute Gasteiger partial charge is 0.348 e. The van der Waals surface area contributed by atoms with Crippen LogP contribution in [0.15, 0.2) is 71.6 Å². The first-order chi connectivity index (χ1) is 14.2. The van der Waals surface area contributed by atoms with Gasteiger partial charge in [0.25, 0.3) is 15.9 Å². The Hall–Kier alpha value is -2.90. The average molecular weight is 447 g/mol. The molecule has 0 unspecified atom stereocenters. The molecule has 5 nitrogen and oxygen atoms in total. The van der Waals surface area contributed by atoms with Gasteiger partial charge in [0.15, 0.2) is 0 Å². The highest BCUT2D eigenvalue weighted by atomic mass is 35.5. The maximum Gasteiger partial charge on any atom is 0.264 e. The van der Waals surface area contributed by atoms with E-state index in [1.54, 1.807) is 31.2 Å². The summed E-state index contributed by atoms with van der Waals surface area (Å²) < 4.78 is 40.4. The van der Waals surface area contributed by atoms with Crippen LogP contribution in [0.25, 0.3) is 0 Å². The monoisotopic (exact) mass is 446 g/mol. The molecule has 0 aliphatic rings. The van der Waals surface area contributed by atoms with Gasteiger partial charge in [-0.05, 0) is 66.6 Å². The number of sulfonamides is 1. The van der Waals surface area contributed by atoms with Gasteiger partial charge in [-0.15, -0.1) is 0 Å². The molecule has 3 rings (SSSR count). The molecule has 1 N–H and O–H groups in total. The van der Waals surface area contributed by atoms with Gasteiger partial charge in [-0.25, -0.2) is 12.8 Å². The maximum absolute atomic E-state index is 13.3. The first-order valence-electron chi connectivity index (χ1n) is 9.06. The van der Waals surface area contributed by atoms with Crippen molar-refractivity contribution in [3.05, 3.63) is 94.3 Å². The van der Waals surface area contributed by atoms with E-state index in [1.807, 2.05) is 0 Å². The Morgan fingerprint density at radius 1 is 1.07 bits per heavy atom. The summed E-state index contributed by atoms with van der Waals surface area (Å²) in [5, 5.41) is 3.15. The predicted molar refractivity (Wildman–Crippen MR) is 116 cm³/mol. The van der Waals surface area contributed by atoms with E-state index in [2.05, 4.69) is 5.32 Å². The lowest BCUT2D eigenvalue weighted by Gasteiger charge is -2.22. The topological polar surface area (TPSA) is 66.5 Å². The number of anilines is 1.